The molecule has 0 unspecified atom stereocenters. The third-order valence-corrected chi connectivity index (χ3v) is 4.45. The SMILES string of the molecule is Cc1nc(-n2nc(C)c(Br)c2C)ccc1CNC(C)C. The lowest BCUT2D eigenvalue weighted by Crippen LogP contribution is -2.22. The number of rotatable bonds is 4. The van der Waals surface area contributed by atoms with Crippen molar-refractivity contribution < 1.29 is 0 Å². The lowest BCUT2D eigenvalue weighted by atomic mass is 10.2. The van der Waals surface area contributed by atoms with Crippen LogP contribution in [0.5, 0.6) is 0 Å². The van der Waals surface area contributed by atoms with Gasteiger partial charge in [-0.3, -0.25) is 0 Å². The lowest BCUT2D eigenvalue weighted by Gasteiger charge is -2.11. The van der Waals surface area contributed by atoms with E-state index >= 15 is 0 Å². The molecule has 0 bridgehead atoms. The number of halogens is 1. The summed E-state index contributed by atoms with van der Waals surface area (Å²) in [6.45, 7) is 11.2. The molecule has 0 radical (unpaired) electrons. The molecule has 0 aliphatic heterocycles. The van der Waals surface area contributed by atoms with Crippen LogP contribution in [-0.4, -0.2) is 20.8 Å². The number of hydrogen-bond donors (Lipinski definition) is 1. The van der Waals surface area contributed by atoms with Gasteiger partial charge in [-0.25, -0.2) is 9.67 Å². The predicted octanol–water partition coefficient (Wildman–Crippen LogP) is 3.45. The van der Waals surface area contributed by atoms with E-state index < -0.39 is 0 Å². The van der Waals surface area contributed by atoms with Gasteiger partial charge in [0.2, 0.25) is 0 Å². The minimum Gasteiger partial charge on any atom is -0.310 e. The summed E-state index contributed by atoms with van der Waals surface area (Å²) >= 11 is 3.55. The van der Waals surface area contributed by atoms with Gasteiger partial charge in [0.05, 0.1) is 15.9 Å². The largest absolute Gasteiger partial charge is 0.310 e. The molecule has 2 rings (SSSR count). The molecule has 0 aromatic carbocycles. The lowest BCUT2D eigenvalue weighted by molar-refractivity contribution is 0.586. The van der Waals surface area contributed by atoms with Crippen LogP contribution in [0.1, 0.15) is 36.5 Å². The summed E-state index contributed by atoms with van der Waals surface area (Å²) in [5, 5.41) is 7.93. The summed E-state index contributed by atoms with van der Waals surface area (Å²) in [7, 11) is 0. The standard InChI is InChI=1S/C15H21BrN4/c1-9(2)17-8-13-6-7-14(18-10(13)3)20-12(5)15(16)11(4)19-20/h6-7,9,17H,8H2,1-5H3. The van der Waals surface area contributed by atoms with Crippen LogP contribution in [0, 0.1) is 20.8 Å². The molecule has 1 N–H and O–H groups in total. The first kappa shape index (κ1) is 15.2. The van der Waals surface area contributed by atoms with E-state index in [1.165, 1.54) is 5.56 Å². The van der Waals surface area contributed by atoms with Crippen LogP contribution in [0.25, 0.3) is 5.82 Å². The Balaban J connectivity index is 2.31. The van der Waals surface area contributed by atoms with E-state index in [1.54, 1.807) is 0 Å². The zero-order valence-electron chi connectivity index (χ0n) is 12.7. The van der Waals surface area contributed by atoms with Crippen LogP contribution in [-0.2, 0) is 6.54 Å². The van der Waals surface area contributed by atoms with Crippen LogP contribution >= 0.6 is 15.9 Å². The second-order valence-electron chi connectivity index (χ2n) is 5.35. The normalized spacial score (nSPS) is 11.3. The Morgan fingerprint density at radius 3 is 2.40 bits per heavy atom. The van der Waals surface area contributed by atoms with Gasteiger partial charge < -0.3 is 5.32 Å². The molecule has 0 aliphatic carbocycles. The number of aryl methyl sites for hydroxylation is 2. The Kier molecular flexibility index (Phi) is 4.60. The highest BCUT2D eigenvalue weighted by molar-refractivity contribution is 9.10. The number of aromatic nitrogens is 3. The molecular weight excluding hydrogens is 316 g/mol. The monoisotopic (exact) mass is 336 g/mol. The van der Waals surface area contributed by atoms with Gasteiger partial charge >= 0.3 is 0 Å². The molecule has 2 aromatic rings. The van der Waals surface area contributed by atoms with Gasteiger partial charge in [0.25, 0.3) is 0 Å². The van der Waals surface area contributed by atoms with E-state index in [-0.39, 0.29) is 0 Å². The van der Waals surface area contributed by atoms with Crippen molar-refractivity contribution in [2.75, 3.05) is 0 Å². The molecule has 108 valence electrons. The van der Waals surface area contributed by atoms with E-state index in [0.717, 1.165) is 33.9 Å². The maximum absolute atomic E-state index is 4.68. The zero-order valence-corrected chi connectivity index (χ0v) is 14.2. The Morgan fingerprint density at radius 2 is 1.90 bits per heavy atom. The molecule has 0 atom stereocenters. The number of nitrogens with one attached hydrogen (secondary N) is 1. The first-order valence-electron chi connectivity index (χ1n) is 6.82. The molecule has 0 saturated heterocycles. The number of nitrogens with zero attached hydrogens (tertiary/aromatic N) is 3. The summed E-state index contributed by atoms with van der Waals surface area (Å²) < 4.78 is 2.93. The molecule has 20 heavy (non-hydrogen) atoms. The minimum atomic E-state index is 0.473. The number of hydrogen-bond acceptors (Lipinski definition) is 3. The highest BCUT2D eigenvalue weighted by Gasteiger charge is 2.12. The molecule has 0 fully saturated rings. The maximum atomic E-state index is 4.68. The third kappa shape index (κ3) is 3.10. The Bertz CT molecular complexity index is 617. The Labute approximate surface area is 128 Å². The molecule has 2 aromatic heterocycles. The molecule has 0 aliphatic rings. The van der Waals surface area contributed by atoms with Crippen molar-refractivity contribution in [1.82, 2.24) is 20.1 Å². The average Bonchev–Trinajstić information content (AvgIpc) is 2.65. The van der Waals surface area contributed by atoms with Crippen LogP contribution in [0.2, 0.25) is 0 Å². The molecule has 0 saturated carbocycles. The van der Waals surface area contributed by atoms with Crippen LogP contribution in [0.4, 0.5) is 0 Å². The van der Waals surface area contributed by atoms with Crippen LogP contribution < -0.4 is 5.32 Å². The van der Waals surface area contributed by atoms with Crippen LogP contribution in [0.3, 0.4) is 0 Å². The van der Waals surface area contributed by atoms with Crippen molar-refractivity contribution in [1.29, 1.82) is 0 Å². The molecular formula is C15H21BrN4. The van der Waals surface area contributed by atoms with Gasteiger partial charge in [0.15, 0.2) is 5.82 Å². The summed E-state index contributed by atoms with van der Waals surface area (Å²) in [6, 6.07) is 4.62. The van der Waals surface area contributed by atoms with Gasteiger partial charge in [-0.2, -0.15) is 5.10 Å². The van der Waals surface area contributed by atoms with Crippen molar-refractivity contribution in [2.24, 2.45) is 0 Å². The van der Waals surface area contributed by atoms with Crippen molar-refractivity contribution in [3.05, 3.63) is 39.3 Å². The van der Waals surface area contributed by atoms with Crippen LogP contribution in [0.15, 0.2) is 16.6 Å². The highest BCUT2D eigenvalue weighted by Crippen LogP contribution is 2.22. The Hall–Kier alpha value is -1.20. The smallest absolute Gasteiger partial charge is 0.153 e. The zero-order chi connectivity index (χ0) is 14.9. The molecule has 0 spiro atoms. The predicted molar refractivity (Wildman–Crippen MR) is 85.2 cm³/mol. The summed E-state index contributed by atoms with van der Waals surface area (Å²) in [4.78, 5) is 4.68. The van der Waals surface area contributed by atoms with E-state index in [0.29, 0.717) is 6.04 Å². The quantitative estimate of drug-likeness (QED) is 0.929. The van der Waals surface area contributed by atoms with Gasteiger partial charge in [-0.15, -0.1) is 0 Å². The van der Waals surface area contributed by atoms with Crippen molar-refractivity contribution >= 4 is 15.9 Å². The van der Waals surface area contributed by atoms with Crippen molar-refractivity contribution in [3.63, 3.8) is 0 Å². The minimum absolute atomic E-state index is 0.473. The van der Waals surface area contributed by atoms with Crippen molar-refractivity contribution in [2.45, 2.75) is 47.2 Å². The average molecular weight is 337 g/mol. The topological polar surface area (TPSA) is 42.7 Å². The molecule has 0 amide bonds. The highest BCUT2D eigenvalue weighted by atomic mass is 79.9. The van der Waals surface area contributed by atoms with E-state index in [9.17, 15) is 0 Å². The number of pyridine rings is 1. The maximum Gasteiger partial charge on any atom is 0.153 e. The first-order chi connectivity index (χ1) is 9.40. The second kappa shape index (κ2) is 6.06. The van der Waals surface area contributed by atoms with E-state index in [1.807, 2.05) is 31.5 Å². The molecule has 4 nitrogen and oxygen atoms in total. The fourth-order valence-corrected chi connectivity index (χ4v) is 2.29. The van der Waals surface area contributed by atoms with E-state index in [2.05, 4.69) is 51.2 Å². The summed E-state index contributed by atoms with van der Waals surface area (Å²) in [5.41, 5.74) is 4.32. The third-order valence-electron chi connectivity index (χ3n) is 3.30. The van der Waals surface area contributed by atoms with Gasteiger partial charge in [0, 0.05) is 18.3 Å². The fraction of sp³-hybridized carbons (Fsp3) is 0.467. The van der Waals surface area contributed by atoms with Gasteiger partial charge in [-0.1, -0.05) is 19.9 Å². The summed E-state index contributed by atoms with van der Waals surface area (Å²) in [5.74, 6) is 0.863. The molecule has 2 heterocycles. The van der Waals surface area contributed by atoms with E-state index in [4.69, 9.17) is 0 Å². The molecule has 5 heteroatoms. The van der Waals surface area contributed by atoms with Gasteiger partial charge in [0.1, 0.15) is 0 Å². The van der Waals surface area contributed by atoms with Gasteiger partial charge in [-0.05, 0) is 48.3 Å². The fourth-order valence-electron chi connectivity index (χ4n) is 2.04. The Morgan fingerprint density at radius 1 is 1.20 bits per heavy atom. The second-order valence-corrected chi connectivity index (χ2v) is 6.14. The van der Waals surface area contributed by atoms with Crippen molar-refractivity contribution in [3.8, 4) is 5.82 Å². The summed E-state index contributed by atoms with van der Waals surface area (Å²) in [6.07, 6.45) is 0. The first-order valence-corrected chi connectivity index (χ1v) is 7.61.